The largest absolute Gasteiger partial charge is 0.243 e. The highest BCUT2D eigenvalue weighted by Gasteiger charge is 2.21. The van der Waals surface area contributed by atoms with E-state index in [1.54, 1.807) is 19.1 Å². The molecule has 0 spiro atoms. The minimum absolute atomic E-state index is 0.0648. The molecule has 0 aliphatic carbocycles. The average molecular weight is 224 g/mol. The SMILES string of the molecule is Cc1cccc(S(=O)(=O)N(C)C)c1C#N. The van der Waals surface area contributed by atoms with E-state index in [1.807, 2.05) is 6.07 Å². The van der Waals surface area contributed by atoms with Gasteiger partial charge >= 0.3 is 0 Å². The molecule has 15 heavy (non-hydrogen) atoms. The number of nitriles is 1. The molecule has 0 fully saturated rings. The highest BCUT2D eigenvalue weighted by molar-refractivity contribution is 7.89. The fourth-order valence-electron chi connectivity index (χ4n) is 1.20. The van der Waals surface area contributed by atoms with Crippen LogP contribution in [0.3, 0.4) is 0 Å². The van der Waals surface area contributed by atoms with Gasteiger partial charge in [0.1, 0.15) is 11.0 Å². The first kappa shape index (κ1) is 11.7. The highest BCUT2D eigenvalue weighted by atomic mass is 32.2. The normalized spacial score (nSPS) is 11.4. The van der Waals surface area contributed by atoms with E-state index >= 15 is 0 Å². The fraction of sp³-hybridized carbons (Fsp3) is 0.300. The molecule has 0 N–H and O–H groups in total. The van der Waals surface area contributed by atoms with E-state index in [-0.39, 0.29) is 10.5 Å². The first-order valence-corrected chi connectivity index (χ1v) is 5.77. The van der Waals surface area contributed by atoms with E-state index in [2.05, 4.69) is 0 Å². The molecule has 1 aromatic carbocycles. The van der Waals surface area contributed by atoms with E-state index in [4.69, 9.17) is 5.26 Å². The second kappa shape index (κ2) is 4.01. The Kier molecular flexibility index (Phi) is 3.12. The number of rotatable bonds is 2. The van der Waals surface area contributed by atoms with Crippen molar-refractivity contribution in [2.75, 3.05) is 14.1 Å². The van der Waals surface area contributed by atoms with Crippen molar-refractivity contribution in [2.45, 2.75) is 11.8 Å². The monoisotopic (exact) mass is 224 g/mol. The van der Waals surface area contributed by atoms with Crippen LogP contribution < -0.4 is 0 Å². The fourth-order valence-corrected chi connectivity index (χ4v) is 2.30. The lowest BCUT2D eigenvalue weighted by molar-refractivity contribution is 0.520. The molecule has 0 amide bonds. The number of hydrogen-bond donors (Lipinski definition) is 0. The Morgan fingerprint density at radius 3 is 2.40 bits per heavy atom. The molecule has 0 heterocycles. The first-order chi connectivity index (χ1) is 6.91. The molecule has 0 saturated heterocycles. The van der Waals surface area contributed by atoms with Crippen LogP contribution in [0.4, 0.5) is 0 Å². The molecule has 0 aliphatic heterocycles. The van der Waals surface area contributed by atoms with Crippen LogP contribution in [0.25, 0.3) is 0 Å². The Labute approximate surface area is 89.8 Å². The first-order valence-electron chi connectivity index (χ1n) is 4.33. The van der Waals surface area contributed by atoms with Crippen molar-refractivity contribution in [3.63, 3.8) is 0 Å². The third kappa shape index (κ3) is 2.01. The zero-order chi connectivity index (χ0) is 11.6. The highest BCUT2D eigenvalue weighted by Crippen LogP contribution is 2.20. The Balaban J connectivity index is 3.54. The van der Waals surface area contributed by atoms with Gasteiger partial charge in [0.15, 0.2) is 0 Å². The number of benzene rings is 1. The molecule has 0 saturated carbocycles. The van der Waals surface area contributed by atoms with Gasteiger partial charge in [0.2, 0.25) is 10.0 Å². The third-order valence-electron chi connectivity index (χ3n) is 2.10. The van der Waals surface area contributed by atoms with Crippen molar-refractivity contribution in [2.24, 2.45) is 0 Å². The molecule has 0 aliphatic rings. The van der Waals surface area contributed by atoms with Gasteiger partial charge < -0.3 is 0 Å². The summed E-state index contributed by atoms with van der Waals surface area (Å²) >= 11 is 0. The molecule has 0 aromatic heterocycles. The molecule has 0 atom stereocenters. The topological polar surface area (TPSA) is 61.2 Å². The quantitative estimate of drug-likeness (QED) is 0.756. The number of aryl methyl sites for hydroxylation is 1. The van der Waals surface area contributed by atoms with Crippen LogP contribution in [0.1, 0.15) is 11.1 Å². The summed E-state index contributed by atoms with van der Waals surface area (Å²) < 4.78 is 24.8. The molecule has 0 unspecified atom stereocenters. The summed E-state index contributed by atoms with van der Waals surface area (Å²) in [6.07, 6.45) is 0. The van der Waals surface area contributed by atoms with Crippen molar-refractivity contribution >= 4 is 10.0 Å². The summed E-state index contributed by atoms with van der Waals surface area (Å²) in [4.78, 5) is 0.0648. The summed E-state index contributed by atoms with van der Waals surface area (Å²) in [7, 11) is -0.645. The van der Waals surface area contributed by atoms with Crippen LogP contribution in [0.15, 0.2) is 23.1 Å². The number of nitrogens with zero attached hydrogens (tertiary/aromatic N) is 2. The van der Waals surface area contributed by atoms with Gasteiger partial charge in [-0.1, -0.05) is 12.1 Å². The van der Waals surface area contributed by atoms with Gasteiger partial charge in [-0.25, -0.2) is 12.7 Å². The van der Waals surface area contributed by atoms with Gasteiger partial charge in [-0.2, -0.15) is 5.26 Å². The Bertz CT molecular complexity index is 513. The van der Waals surface area contributed by atoms with Crippen molar-refractivity contribution in [3.05, 3.63) is 29.3 Å². The van der Waals surface area contributed by atoms with Crippen LogP contribution in [0.2, 0.25) is 0 Å². The molecule has 4 nitrogen and oxygen atoms in total. The van der Waals surface area contributed by atoms with Gasteiger partial charge in [0, 0.05) is 14.1 Å². The van der Waals surface area contributed by atoms with E-state index in [9.17, 15) is 8.42 Å². The summed E-state index contributed by atoms with van der Waals surface area (Å²) in [6, 6.07) is 6.71. The molecular weight excluding hydrogens is 212 g/mol. The summed E-state index contributed by atoms with van der Waals surface area (Å²) in [5.74, 6) is 0. The van der Waals surface area contributed by atoms with E-state index in [0.717, 1.165) is 4.31 Å². The summed E-state index contributed by atoms with van der Waals surface area (Å²) in [6.45, 7) is 1.72. The lowest BCUT2D eigenvalue weighted by Gasteiger charge is -2.13. The van der Waals surface area contributed by atoms with Crippen molar-refractivity contribution < 1.29 is 8.42 Å². The maximum absolute atomic E-state index is 11.8. The van der Waals surface area contributed by atoms with Crippen molar-refractivity contribution in [1.29, 1.82) is 5.26 Å². The predicted octanol–water partition coefficient (Wildman–Crippen LogP) is 1.12. The van der Waals surface area contributed by atoms with Gasteiger partial charge in [0.25, 0.3) is 0 Å². The second-order valence-corrected chi connectivity index (χ2v) is 5.47. The minimum atomic E-state index is -3.53. The maximum Gasteiger partial charge on any atom is 0.243 e. The van der Waals surface area contributed by atoms with Crippen LogP contribution in [-0.2, 0) is 10.0 Å². The summed E-state index contributed by atoms with van der Waals surface area (Å²) in [5, 5.41) is 8.91. The molecule has 1 aromatic rings. The van der Waals surface area contributed by atoms with Crippen LogP contribution in [-0.4, -0.2) is 26.8 Å². The van der Waals surface area contributed by atoms with Crippen LogP contribution >= 0.6 is 0 Å². The van der Waals surface area contributed by atoms with E-state index in [1.165, 1.54) is 20.2 Å². The molecule has 0 bridgehead atoms. The predicted molar refractivity (Wildman–Crippen MR) is 56.8 cm³/mol. The molecule has 80 valence electrons. The minimum Gasteiger partial charge on any atom is -0.207 e. The van der Waals surface area contributed by atoms with E-state index < -0.39 is 10.0 Å². The van der Waals surface area contributed by atoms with Gasteiger partial charge in [-0.05, 0) is 18.6 Å². The Morgan fingerprint density at radius 1 is 1.33 bits per heavy atom. The van der Waals surface area contributed by atoms with Crippen molar-refractivity contribution in [1.82, 2.24) is 4.31 Å². The zero-order valence-corrected chi connectivity index (χ0v) is 9.67. The smallest absolute Gasteiger partial charge is 0.207 e. The standard InChI is InChI=1S/C10H12N2O2S/c1-8-5-4-6-10(9(8)7-11)15(13,14)12(2)3/h4-6H,1-3H3. The number of sulfonamides is 1. The third-order valence-corrected chi connectivity index (χ3v) is 3.96. The molecule has 0 radical (unpaired) electrons. The maximum atomic E-state index is 11.8. The van der Waals surface area contributed by atoms with E-state index in [0.29, 0.717) is 5.56 Å². The number of hydrogen-bond acceptors (Lipinski definition) is 3. The summed E-state index contributed by atoms with van der Waals surface area (Å²) in [5.41, 5.74) is 0.881. The Morgan fingerprint density at radius 2 is 1.93 bits per heavy atom. The van der Waals surface area contributed by atoms with Gasteiger partial charge in [-0.3, -0.25) is 0 Å². The van der Waals surface area contributed by atoms with Crippen LogP contribution in [0.5, 0.6) is 0 Å². The Hall–Kier alpha value is -1.38. The molecule has 1 rings (SSSR count). The lowest BCUT2D eigenvalue weighted by atomic mass is 10.1. The zero-order valence-electron chi connectivity index (χ0n) is 8.85. The van der Waals surface area contributed by atoms with Gasteiger partial charge in [-0.15, -0.1) is 0 Å². The average Bonchev–Trinajstić information content (AvgIpc) is 2.17. The molecular formula is C10H12N2O2S. The van der Waals surface area contributed by atoms with Crippen LogP contribution in [0, 0.1) is 18.3 Å². The lowest BCUT2D eigenvalue weighted by Crippen LogP contribution is -2.23. The second-order valence-electron chi connectivity index (χ2n) is 3.35. The molecule has 5 heteroatoms. The van der Waals surface area contributed by atoms with Gasteiger partial charge in [0.05, 0.1) is 5.56 Å². The van der Waals surface area contributed by atoms with Crippen molar-refractivity contribution in [3.8, 4) is 6.07 Å².